The van der Waals surface area contributed by atoms with E-state index in [1.165, 1.54) is 5.56 Å². The molecular weight excluding hydrogens is 250 g/mol. The van der Waals surface area contributed by atoms with Gasteiger partial charge < -0.3 is 15.0 Å². The Hall–Kier alpha value is -2.07. The zero-order valence-electron chi connectivity index (χ0n) is 12.3. The molecule has 0 aliphatic rings. The van der Waals surface area contributed by atoms with Crippen LogP contribution in [0.1, 0.15) is 12.5 Å². The van der Waals surface area contributed by atoms with Crippen LogP contribution in [0, 0.1) is 0 Å². The minimum Gasteiger partial charge on any atom is -0.495 e. The molecule has 20 heavy (non-hydrogen) atoms. The Morgan fingerprint density at radius 1 is 1.25 bits per heavy atom. The lowest BCUT2D eigenvalue weighted by molar-refractivity contribution is 0.415. The van der Waals surface area contributed by atoms with E-state index in [-0.39, 0.29) is 0 Å². The number of anilines is 2. The van der Waals surface area contributed by atoms with Gasteiger partial charge in [0, 0.05) is 19.8 Å². The van der Waals surface area contributed by atoms with Crippen molar-refractivity contribution in [3.8, 4) is 5.75 Å². The maximum atomic E-state index is 5.40. The fraction of sp³-hybridized carbons (Fsp3) is 0.312. The second kappa shape index (κ2) is 6.91. The van der Waals surface area contributed by atoms with Gasteiger partial charge in [0.2, 0.25) is 0 Å². The summed E-state index contributed by atoms with van der Waals surface area (Å²) in [5.74, 6) is 1.75. The summed E-state index contributed by atoms with van der Waals surface area (Å²) in [6, 6.07) is 12.1. The van der Waals surface area contributed by atoms with Crippen molar-refractivity contribution in [1.29, 1.82) is 0 Å². The summed E-state index contributed by atoms with van der Waals surface area (Å²) in [6.45, 7) is 3.91. The standard InChI is InChI=1S/C16H21N3O/c1-4-17-12-13-9-10-18-16(11-13)19(2)14-7-5-6-8-15(14)20-3/h5-11,17H,4,12H2,1-3H3. The summed E-state index contributed by atoms with van der Waals surface area (Å²) < 4.78 is 5.40. The van der Waals surface area contributed by atoms with Gasteiger partial charge in [0.15, 0.2) is 0 Å². The molecule has 4 heteroatoms. The summed E-state index contributed by atoms with van der Waals surface area (Å²) >= 11 is 0. The Kier molecular flexibility index (Phi) is 4.96. The molecule has 0 saturated heterocycles. The van der Waals surface area contributed by atoms with Crippen molar-refractivity contribution in [2.45, 2.75) is 13.5 Å². The third-order valence-electron chi connectivity index (χ3n) is 3.18. The van der Waals surface area contributed by atoms with Gasteiger partial charge >= 0.3 is 0 Å². The van der Waals surface area contributed by atoms with Crippen LogP contribution in [0.15, 0.2) is 42.6 Å². The Morgan fingerprint density at radius 3 is 2.80 bits per heavy atom. The second-order valence-corrected chi connectivity index (χ2v) is 4.53. The van der Waals surface area contributed by atoms with Crippen LogP contribution < -0.4 is 15.0 Å². The number of benzene rings is 1. The van der Waals surface area contributed by atoms with Gasteiger partial charge in [-0.05, 0) is 36.4 Å². The molecule has 0 unspecified atom stereocenters. The SMILES string of the molecule is CCNCc1ccnc(N(C)c2ccccc2OC)c1. The molecule has 2 rings (SSSR count). The minimum atomic E-state index is 0.842. The molecule has 0 bridgehead atoms. The summed E-state index contributed by atoms with van der Waals surface area (Å²) in [4.78, 5) is 6.48. The molecule has 0 radical (unpaired) electrons. The van der Waals surface area contributed by atoms with E-state index in [0.717, 1.165) is 30.3 Å². The van der Waals surface area contributed by atoms with Crippen molar-refractivity contribution in [3.63, 3.8) is 0 Å². The lowest BCUT2D eigenvalue weighted by Crippen LogP contribution is -2.15. The van der Waals surface area contributed by atoms with Crippen molar-refractivity contribution in [2.75, 3.05) is 25.6 Å². The van der Waals surface area contributed by atoms with Crippen LogP contribution in [-0.4, -0.2) is 25.7 Å². The molecule has 0 aliphatic heterocycles. The summed E-state index contributed by atoms with van der Waals surface area (Å²) in [5.41, 5.74) is 2.22. The van der Waals surface area contributed by atoms with Crippen molar-refractivity contribution in [3.05, 3.63) is 48.2 Å². The van der Waals surface area contributed by atoms with E-state index in [0.29, 0.717) is 0 Å². The van der Waals surface area contributed by atoms with Crippen LogP contribution in [0.25, 0.3) is 0 Å². The van der Waals surface area contributed by atoms with E-state index in [9.17, 15) is 0 Å². The molecule has 0 atom stereocenters. The smallest absolute Gasteiger partial charge is 0.142 e. The summed E-state index contributed by atoms with van der Waals surface area (Å²) in [7, 11) is 3.68. The fourth-order valence-electron chi connectivity index (χ4n) is 2.05. The van der Waals surface area contributed by atoms with E-state index in [1.807, 2.05) is 48.5 Å². The first-order valence-corrected chi connectivity index (χ1v) is 6.78. The third-order valence-corrected chi connectivity index (χ3v) is 3.18. The molecule has 106 valence electrons. The molecule has 0 aliphatic carbocycles. The molecule has 1 heterocycles. The molecule has 1 N–H and O–H groups in total. The third kappa shape index (κ3) is 3.27. The lowest BCUT2D eigenvalue weighted by Gasteiger charge is -2.21. The molecular formula is C16H21N3O. The van der Waals surface area contributed by atoms with Gasteiger partial charge in [0.1, 0.15) is 11.6 Å². The monoisotopic (exact) mass is 271 g/mol. The molecule has 4 nitrogen and oxygen atoms in total. The first-order chi connectivity index (χ1) is 9.76. The van der Waals surface area contributed by atoms with E-state index in [1.54, 1.807) is 7.11 Å². The topological polar surface area (TPSA) is 37.4 Å². The maximum Gasteiger partial charge on any atom is 0.142 e. The van der Waals surface area contributed by atoms with Crippen LogP contribution >= 0.6 is 0 Å². The highest BCUT2D eigenvalue weighted by atomic mass is 16.5. The fourth-order valence-corrected chi connectivity index (χ4v) is 2.05. The van der Waals surface area contributed by atoms with Gasteiger partial charge in [-0.1, -0.05) is 19.1 Å². The number of nitrogens with one attached hydrogen (secondary N) is 1. The van der Waals surface area contributed by atoms with Crippen LogP contribution in [0.4, 0.5) is 11.5 Å². The Labute approximate surface area is 120 Å². The number of para-hydroxylation sites is 2. The van der Waals surface area contributed by atoms with E-state index >= 15 is 0 Å². The first-order valence-electron chi connectivity index (χ1n) is 6.78. The number of methoxy groups -OCH3 is 1. The van der Waals surface area contributed by atoms with Gasteiger partial charge in [-0.2, -0.15) is 0 Å². The van der Waals surface area contributed by atoms with Crippen molar-refractivity contribution in [1.82, 2.24) is 10.3 Å². The highest BCUT2D eigenvalue weighted by Gasteiger charge is 2.10. The zero-order valence-corrected chi connectivity index (χ0v) is 12.3. The minimum absolute atomic E-state index is 0.842. The van der Waals surface area contributed by atoms with E-state index in [4.69, 9.17) is 4.74 Å². The largest absolute Gasteiger partial charge is 0.495 e. The highest BCUT2D eigenvalue weighted by molar-refractivity contribution is 5.66. The number of nitrogens with zero attached hydrogens (tertiary/aromatic N) is 2. The predicted molar refractivity (Wildman–Crippen MR) is 82.7 cm³/mol. The van der Waals surface area contributed by atoms with Gasteiger partial charge in [0.25, 0.3) is 0 Å². The molecule has 2 aromatic rings. The Balaban J connectivity index is 2.26. The highest BCUT2D eigenvalue weighted by Crippen LogP contribution is 2.31. The van der Waals surface area contributed by atoms with Crippen LogP contribution in [-0.2, 0) is 6.54 Å². The van der Waals surface area contributed by atoms with Crippen molar-refractivity contribution in [2.24, 2.45) is 0 Å². The Morgan fingerprint density at radius 2 is 2.05 bits per heavy atom. The van der Waals surface area contributed by atoms with E-state index in [2.05, 4.69) is 23.3 Å². The molecule has 1 aromatic heterocycles. The van der Waals surface area contributed by atoms with Gasteiger partial charge in [0.05, 0.1) is 12.8 Å². The molecule has 0 saturated carbocycles. The predicted octanol–water partition coefficient (Wildman–Crippen LogP) is 2.97. The van der Waals surface area contributed by atoms with Gasteiger partial charge in [-0.3, -0.25) is 0 Å². The lowest BCUT2D eigenvalue weighted by atomic mass is 10.2. The van der Waals surface area contributed by atoms with Gasteiger partial charge in [-0.25, -0.2) is 4.98 Å². The van der Waals surface area contributed by atoms with Crippen LogP contribution in [0.3, 0.4) is 0 Å². The normalized spacial score (nSPS) is 10.3. The number of aromatic nitrogens is 1. The Bertz CT molecular complexity index is 557. The number of hydrogen-bond acceptors (Lipinski definition) is 4. The second-order valence-electron chi connectivity index (χ2n) is 4.53. The number of rotatable bonds is 6. The van der Waals surface area contributed by atoms with Crippen molar-refractivity contribution >= 4 is 11.5 Å². The average Bonchev–Trinajstić information content (AvgIpc) is 2.52. The average molecular weight is 271 g/mol. The maximum absolute atomic E-state index is 5.40. The number of hydrogen-bond donors (Lipinski definition) is 1. The summed E-state index contributed by atoms with van der Waals surface area (Å²) in [5, 5.41) is 3.32. The van der Waals surface area contributed by atoms with E-state index < -0.39 is 0 Å². The molecule has 0 fully saturated rings. The first kappa shape index (κ1) is 14.3. The zero-order chi connectivity index (χ0) is 14.4. The number of ether oxygens (including phenoxy) is 1. The molecule has 1 aromatic carbocycles. The van der Waals surface area contributed by atoms with Gasteiger partial charge in [-0.15, -0.1) is 0 Å². The molecule has 0 amide bonds. The summed E-state index contributed by atoms with van der Waals surface area (Å²) in [6.07, 6.45) is 1.84. The van der Waals surface area contributed by atoms with Crippen molar-refractivity contribution < 1.29 is 4.74 Å². The molecule has 0 spiro atoms. The van der Waals surface area contributed by atoms with Crippen LogP contribution in [0.5, 0.6) is 5.75 Å². The number of pyridine rings is 1. The van der Waals surface area contributed by atoms with Crippen LogP contribution in [0.2, 0.25) is 0 Å². The quantitative estimate of drug-likeness (QED) is 0.876.